The Balaban J connectivity index is 1.43. The molecule has 0 aliphatic carbocycles. The van der Waals surface area contributed by atoms with Crippen LogP contribution in [0.25, 0.3) is 23.1 Å². The molecule has 30 heavy (non-hydrogen) atoms. The van der Waals surface area contributed by atoms with E-state index in [1.165, 1.54) is 6.42 Å². The molecule has 1 saturated heterocycles. The molecule has 156 valence electrons. The van der Waals surface area contributed by atoms with E-state index in [0.29, 0.717) is 0 Å². The van der Waals surface area contributed by atoms with Crippen LogP contribution in [0.1, 0.15) is 24.1 Å². The Morgan fingerprint density at radius 3 is 2.70 bits per heavy atom. The number of morpholine rings is 1. The standard InChI is InChI=1S/C24H27ClN4O/c25-20-4-6-23-22(17-20)24(27-9-1-2-12-29-13-15-30-16-14-29)18-21(28-23)5-3-19-7-10-26-11-8-19/h3-8,10-11,17-18H,1-2,9,12-16H2,(H,27,28)/b5-3+. The van der Waals surface area contributed by atoms with Gasteiger partial charge in [0.05, 0.1) is 24.4 Å². The molecule has 0 amide bonds. The van der Waals surface area contributed by atoms with E-state index in [-0.39, 0.29) is 0 Å². The Bertz CT molecular complexity index is 987. The maximum Gasteiger partial charge on any atom is 0.0731 e. The summed E-state index contributed by atoms with van der Waals surface area (Å²) in [5.41, 5.74) is 4.02. The fourth-order valence-electron chi connectivity index (χ4n) is 3.61. The minimum absolute atomic E-state index is 0.722. The first kappa shape index (κ1) is 20.8. The molecule has 0 unspecified atom stereocenters. The van der Waals surface area contributed by atoms with Crippen LogP contribution in [0, 0.1) is 0 Å². The third kappa shape index (κ3) is 5.79. The molecule has 3 heterocycles. The van der Waals surface area contributed by atoms with E-state index in [9.17, 15) is 0 Å². The van der Waals surface area contributed by atoms with Gasteiger partial charge in [0.2, 0.25) is 0 Å². The molecule has 0 spiro atoms. The fraction of sp³-hybridized carbons (Fsp3) is 0.333. The van der Waals surface area contributed by atoms with Crippen LogP contribution < -0.4 is 5.32 Å². The number of benzene rings is 1. The summed E-state index contributed by atoms with van der Waals surface area (Å²) in [5, 5.41) is 5.38. The summed E-state index contributed by atoms with van der Waals surface area (Å²) in [6, 6.07) is 11.9. The van der Waals surface area contributed by atoms with Gasteiger partial charge < -0.3 is 10.1 Å². The maximum atomic E-state index is 6.25. The van der Waals surface area contributed by atoms with E-state index in [2.05, 4.69) is 27.3 Å². The zero-order chi connectivity index (χ0) is 20.6. The van der Waals surface area contributed by atoms with Crippen molar-refractivity contribution in [3.63, 3.8) is 0 Å². The summed E-state index contributed by atoms with van der Waals surface area (Å²) in [4.78, 5) is 11.3. The van der Waals surface area contributed by atoms with Crippen LogP contribution in [0.2, 0.25) is 5.02 Å². The fourth-order valence-corrected chi connectivity index (χ4v) is 3.79. The smallest absolute Gasteiger partial charge is 0.0731 e. The number of nitrogens with one attached hydrogen (secondary N) is 1. The molecule has 2 aromatic heterocycles. The minimum Gasteiger partial charge on any atom is -0.384 e. The number of hydrogen-bond donors (Lipinski definition) is 1. The lowest BCUT2D eigenvalue weighted by molar-refractivity contribution is 0.0373. The first-order valence-corrected chi connectivity index (χ1v) is 10.9. The number of unbranched alkanes of at least 4 members (excludes halogenated alkanes) is 1. The lowest BCUT2D eigenvalue weighted by Crippen LogP contribution is -2.36. The molecule has 1 N–H and O–H groups in total. The van der Waals surface area contributed by atoms with Crippen molar-refractivity contribution in [1.82, 2.24) is 14.9 Å². The van der Waals surface area contributed by atoms with E-state index >= 15 is 0 Å². The summed E-state index contributed by atoms with van der Waals surface area (Å²) in [5.74, 6) is 0. The highest BCUT2D eigenvalue weighted by Crippen LogP contribution is 2.27. The second-order valence-corrected chi connectivity index (χ2v) is 7.89. The van der Waals surface area contributed by atoms with Crippen molar-refractivity contribution in [2.75, 3.05) is 44.7 Å². The van der Waals surface area contributed by atoms with Crippen LogP contribution in [0.4, 0.5) is 5.69 Å². The molecule has 1 aliphatic heterocycles. The summed E-state index contributed by atoms with van der Waals surface area (Å²) < 4.78 is 5.42. The Morgan fingerprint density at radius 1 is 1.03 bits per heavy atom. The van der Waals surface area contributed by atoms with Gasteiger partial charge in [0.1, 0.15) is 0 Å². The molecule has 6 heteroatoms. The topological polar surface area (TPSA) is 50.3 Å². The number of halogens is 1. The van der Waals surface area contributed by atoms with Gasteiger partial charge in [0.25, 0.3) is 0 Å². The quantitative estimate of drug-likeness (QED) is 0.519. The molecule has 4 rings (SSSR count). The molecule has 5 nitrogen and oxygen atoms in total. The van der Waals surface area contributed by atoms with Crippen LogP contribution in [-0.4, -0.2) is 54.3 Å². The predicted molar refractivity (Wildman–Crippen MR) is 125 cm³/mol. The van der Waals surface area contributed by atoms with Crippen molar-refractivity contribution in [1.29, 1.82) is 0 Å². The summed E-state index contributed by atoms with van der Waals surface area (Å²) in [6.45, 7) is 5.87. The van der Waals surface area contributed by atoms with E-state index in [1.54, 1.807) is 12.4 Å². The van der Waals surface area contributed by atoms with Gasteiger partial charge in [0, 0.05) is 48.1 Å². The van der Waals surface area contributed by atoms with Crippen LogP contribution in [0.5, 0.6) is 0 Å². The van der Waals surface area contributed by atoms with Crippen molar-refractivity contribution >= 4 is 40.3 Å². The van der Waals surface area contributed by atoms with E-state index in [1.807, 2.05) is 36.4 Å². The maximum absolute atomic E-state index is 6.25. The normalized spacial score (nSPS) is 15.1. The highest BCUT2D eigenvalue weighted by molar-refractivity contribution is 6.31. The zero-order valence-corrected chi connectivity index (χ0v) is 17.8. The molecule has 0 saturated carbocycles. The largest absolute Gasteiger partial charge is 0.384 e. The number of hydrogen-bond acceptors (Lipinski definition) is 5. The van der Waals surface area contributed by atoms with Crippen molar-refractivity contribution in [2.45, 2.75) is 12.8 Å². The second-order valence-electron chi connectivity index (χ2n) is 7.46. The van der Waals surface area contributed by atoms with Crippen molar-refractivity contribution in [3.8, 4) is 0 Å². The number of nitrogens with zero attached hydrogens (tertiary/aromatic N) is 3. The van der Waals surface area contributed by atoms with Gasteiger partial charge in [-0.2, -0.15) is 0 Å². The van der Waals surface area contributed by atoms with Gasteiger partial charge in [-0.1, -0.05) is 17.7 Å². The van der Waals surface area contributed by atoms with Gasteiger partial charge >= 0.3 is 0 Å². The zero-order valence-electron chi connectivity index (χ0n) is 17.1. The highest BCUT2D eigenvalue weighted by atomic mass is 35.5. The predicted octanol–water partition coefficient (Wildman–Crippen LogP) is 4.98. The summed E-state index contributed by atoms with van der Waals surface area (Å²) >= 11 is 6.25. The van der Waals surface area contributed by atoms with Gasteiger partial charge in [-0.25, -0.2) is 4.98 Å². The Labute approximate surface area is 182 Å². The van der Waals surface area contributed by atoms with Gasteiger partial charge in [0.15, 0.2) is 0 Å². The molecule has 0 bridgehead atoms. The molecule has 0 radical (unpaired) electrons. The summed E-state index contributed by atoms with van der Waals surface area (Å²) in [6.07, 6.45) is 9.96. The third-order valence-electron chi connectivity index (χ3n) is 5.26. The Hall–Kier alpha value is -2.47. The average molecular weight is 423 g/mol. The third-order valence-corrected chi connectivity index (χ3v) is 5.50. The average Bonchev–Trinajstić information content (AvgIpc) is 2.79. The number of rotatable bonds is 8. The van der Waals surface area contributed by atoms with Crippen molar-refractivity contribution in [3.05, 3.63) is 65.1 Å². The SMILES string of the molecule is Clc1ccc2nc(/C=C/c3ccncc3)cc(NCCCCN3CCOCC3)c2c1. The molecular formula is C24H27ClN4O. The molecule has 3 aromatic rings. The van der Waals surface area contributed by atoms with E-state index in [4.69, 9.17) is 21.3 Å². The van der Waals surface area contributed by atoms with Crippen LogP contribution in [0.3, 0.4) is 0 Å². The molecular weight excluding hydrogens is 396 g/mol. The monoisotopic (exact) mass is 422 g/mol. The van der Waals surface area contributed by atoms with Crippen molar-refractivity contribution in [2.24, 2.45) is 0 Å². The number of anilines is 1. The van der Waals surface area contributed by atoms with Crippen LogP contribution in [-0.2, 0) is 4.74 Å². The molecule has 0 atom stereocenters. The molecule has 1 fully saturated rings. The van der Waals surface area contributed by atoms with Gasteiger partial charge in [-0.15, -0.1) is 0 Å². The number of pyridine rings is 2. The summed E-state index contributed by atoms with van der Waals surface area (Å²) in [7, 11) is 0. The lowest BCUT2D eigenvalue weighted by Gasteiger charge is -2.26. The number of fused-ring (bicyclic) bond motifs is 1. The first-order valence-electron chi connectivity index (χ1n) is 10.5. The lowest BCUT2D eigenvalue weighted by atomic mass is 10.1. The second kappa shape index (κ2) is 10.5. The number of aromatic nitrogens is 2. The number of ether oxygens (including phenoxy) is 1. The van der Waals surface area contributed by atoms with E-state index in [0.717, 1.165) is 78.7 Å². The Kier molecular flexibility index (Phi) is 7.29. The van der Waals surface area contributed by atoms with Gasteiger partial charge in [-0.3, -0.25) is 9.88 Å². The van der Waals surface area contributed by atoms with E-state index < -0.39 is 0 Å². The first-order chi connectivity index (χ1) is 14.8. The highest BCUT2D eigenvalue weighted by Gasteiger charge is 2.09. The minimum atomic E-state index is 0.722. The molecule has 1 aliphatic rings. The van der Waals surface area contributed by atoms with Crippen LogP contribution in [0.15, 0.2) is 48.8 Å². The van der Waals surface area contributed by atoms with Gasteiger partial charge in [-0.05, 0) is 67.4 Å². The van der Waals surface area contributed by atoms with Crippen LogP contribution >= 0.6 is 11.6 Å². The Morgan fingerprint density at radius 2 is 1.87 bits per heavy atom. The molecule has 1 aromatic carbocycles. The van der Waals surface area contributed by atoms with Crippen molar-refractivity contribution < 1.29 is 4.74 Å².